The van der Waals surface area contributed by atoms with Gasteiger partial charge in [-0.2, -0.15) is 0 Å². The first-order chi connectivity index (χ1) is 14.8. The zero-order chi connectivity index (χ0) is 20.3. The Kier molecular flexibility index (Phi) is 5.05. The number of nitrogens with zero attached hydrogens (tertiary/aromatic N) is 4. The molecule has 0 unspecified atom stereocenters. The molecule has 5 rings (SSSR count). The Balaban J connectivity index is 1.21. The summed E-state index contributed by atoms with van der Waals surface area (Å²) in [6.45, 7) is 3.70. The van der Waals surface area contributed by atoms with Crippen molar-refractivity contribution >= 4 is 11.7 Å². The summed E-state index contributed by atoms with van der Waals surface area (Å²) in [6.07, 6.45) is 3.18. The van der Waals surface area contributed by atoms with E-state index in [-0.39, 0.29) is 5.91 Å². The number of carbonyl (C=O) groups excluding carboxylic acids is 1. The molecule has 1 aromatic heterocycles. The average Bonchev–Trinajstić information content (AvgIpc) is 3.28. The Morgan fingerprint density at radius 2 is 1.83 bits per heavy atom. The number of aromatic nitrogens is 2. The topological polar surface area (TPSA) is 58.6 Å². The van der Waals surface area contributed by atoms with Gasteiger partial charge in [0.15, 0.2) is 5.82 Å². The second kappa shape index (κ2) is 8.14. The molecule has 3 heterocycles. The molecule has 2 aliphatic heterocycles. The molecule has 2 aromatic carbocycles. The zero-order valence-corrected chi connectivity index (χ0v) is 16.8. The first-order valence-corrected chi connectivity index (χ1v) is 10.4. The van der Waals surface area contributed by atoms with E-state index in [0.717, 1.165) is 54.6 Å². The van der Waals surface area contributed by atoms with Crippen LogP contribution in [0, 0.1) is 0 Å². The fourth-order valence-corrected chi connectivity index (χ4v) is 4.07. The molecule has 152 valence electrons. The molecule has 1 saturated heterocycles. The summed E-state index contributed by atoms with van der Waals surface area (Å²) in [6, 6.07) is 18.0. The van der Waals surface area contributed by atoms with Crippen molar-refractivity contribution in [2.45, 2.75) is 12.8 Å². The maximum absolute atomic E-state index is 12.8. The Hall–Kier alpha value is -3.41. The number of benzene rings is 2. The van der Waals surface area contributed by atoms with Gasteiger partial charge in [0, 0.05) is 44.4 Å². The first-order valence-electron chi connectivity index (χ1n) is 10.4. The standard InChI is InChI=1S/C24H24N4O2/c29-23(17-18-6-7-21-20(16-18)9-15-30-21)28-13-11-27(12-14-28)22-8-10-25-24(26-22)19-4-2-1-3-5-19/h1-8,10,16H,9,11-15,17H2. The molecular weight excluding hydrogens is 376 g/mol. The molecule has 0 atom stereocenters. The highest BCUT2D eigenvalue weighted by atomic mass is 16.5. The zero-order valence-electron chi connectivity index (χ0n) is 16.8. The number of rotatable bonds is 4. The van der Waals surface area contributed by atoms with Crippen LogP contribution in [0.1, 0.15) is 11.1 Å². The summed E-state index contributed by atoms with van der Waals surface area (Å²) in [5.74, 6) is 2.78. The summed E-state index contributed by atoms with van der Waals surface area (Å²) in [4.78, 5) is 26.1. The predicted octanol–water partition coefficient (Wildman–Crippen LogP) is 2.97. The first kappa shape index (κ1) is 18.6. The highest BCUT2D eigenvalue weighted by Crippen LogP contribution is 2.26. The molecule has 0 radical (unpaired) electrons. The van der Waals surface area contributed by atoms with Crippen molar-refractivity contribution in [2.24, 2.45) is 0 Å². The van der Waals surface area contributed by atoms with Crippen molar-refractivity contribution in [3.63, 3.8) is 0 Å². The van der Waals surface area contributed by atoms with E-state index in [1.165, 1.54) is 5.56 Å². The molecule has 1 fully saturated rings. The number of fused-ring (bicyclic) bond motifs is 1. The van der Waals surface area contributed by atoms with E-state index >= 15 is 0 Å². The van der Waals surface area contributed by atoms with Gasteiger partial charge in [-0.05, 0) is 23.3 Å². The summed E-state index contributed by atoms with van der Waals surface area (Å²) >= 11 is 0. The van der Waals surface area contributed by atoms with Crippen LogP contribution in [0.4, 0.5) is 5.82 Å². The third-order valence-corrected chi connectivity index (χ3v) is 5.74. The van der Waals surface area contributed by atoms with Gasteiger partial charge in [0.2, 0.25) is 5.91 Å². The van der Waals surface area contributed by atoms with Crippen LogP contribution in [-0.2, 0) is 17.6 Å². The molecule has 6 heteroatoms. The SMILES string of the molecule is O=C(Cc1ccc2c(c1)CCO2)N1CCN(c2ccnc(-c3ccccc3)n2)CC1. The summed E-state index contributed by atoms with van der Waals surface area (Å²) in [7, 11) is 0. The van der Waals surface area contributed by atoms with Crippen LogP contribution in [0.3, 0.4) is 0 Å². The lowest BCUT2D eigenvalue weighted by Gasteiger charge is -2.35. The quantitative estimate of drug-likeness (QED) is 0.674. The Labute approximate surface area is 176 Å². The highest BCUT2D eigenvalue weighted by molar-refractivity contribution is 5.79. The normalized spacial score (nSPS) is 15.6. The molecular formula is C24H24N4O2. The minimum Gasteiger partial charge on any atom is -0.493 e. The third kappa shape index (κ3) is 3.85. The van der Waals surface area contributed by atoms with Crippen molar-refractivity contribution in [3.05, 3.63) is 71.9 Å². The number of hydrogen-bond donors (Lipinski definition) is 0. The molecule has 3 aromatic rings. The van der Waals surface area contributed by atoms with Gasteiger partial charge in [-0.15, -0.1) is 0 Å². The number of hydrogen-bond acceptors (Lipinski definition) is 5. The van der Waals surface area contributed by atoms with Crippen LogP contribution in [0.15, 0.2) is 60.8 Å². The van der Waals surface area contributed by atoms with Crippen molar-refractivity contribution < 1.29 is 9.53 Å². The van der Waals surface area contributed by atoms with Crippen LogP contribution in [0.5, 0.6) is 5.75 Å². The molecule has 0 saturated carbocycles. The Morgan fingerprint density at radius 1 is 1.00 bits per heavy atom. The van der Waals surface area contributed by atoms with Gasteiger partial charge in [-0.3, -0.25) is 4.79 Å². The number of amides is 1. The molecule has 0 aliphatic carbocycles. The van der Waals surface area contributed by atoms with E-state index < -0.39 is 0 Å². The van der Waals surface area contributed by atoms with Gasteiger partial charge < -0.3 is 14.5 Å². The maximum Gasteiger partial charge on any atom is 0.227 e. The van der Waals surface area contributed by atoms with Gasteiger partial charge >= 0.3 is 0 Å². The fraction of sp³-hybridized carbons (Fsp3) is 0.292. The van der Waals surface area contributed by atoms with Crippen LogP contribution in [-0.4, -0.2) is 53.6 Å². The molecule has 30 heavy (non-hydrogen) atoms. The van der Waals surface area contributed by atoms with Gasteiger partial charge in [0.05, 0.1) is 13.0 Å². The van der Waals surface area contributed by atoms with Gasteiger partial charge in [0.25, 0.3) is 0 Å². The van der Waals surface area contributed by atoms with E-state index in [9.17, 15) is 4.79 Å². The van der Waals surface area contributed by atoms with E-state index in [1.54, 1.807) is 6.20 Å². The van der Waals surface area contributed by atoms with Crippen LogP contribution in [0.25, 0.3) is 11.4 Å². The van der Waals surface area contributed by atoms with Gasteiger partial charge in [0.1, 0.15) is 11.6 Å². The average molecular weight is 400 g/mol. The van der Waals surface area contributed by atoms with Crippen LogP contribution in [0.2, 0.25) is 0 Å². The summed E-state index contributed by atoms with van der Waals surface area (Å²) in [5.41, 5.74) is 3.28. The monoisotopic (exact) mass is 400 g/mol. The van der Waals surface area contributed by atoms with Crippen molar-refractivity contribution in [1.29, 1.82) is 0 Å². The third-order valence-electron chi connectivity index (χ3n) is 5.74. The molecule has 0 bridgehead atoms. The minimum atomic E-state index is 0.182. The second-order valence-corrected chi connectivity index (χ2v) is 7.69. The number of piperazine rings is 1. The number of carbonyl (C=O) groups is 1. The van der Waals surface area contributed by atoms with Crippen LogP contribution >= 0.6 is 0 Å². The largest absolute Gasteiger partial charge is 0.493 e. The summed E-state index contributed by atoms with van der Waals surface area (Å²) < 4.78 is 5.55. The molecule has 2 aliphatic rings. The van der Waals surface area contributed by atoms with E-state index in [2.05, 4.69) is 16.0 Å². The van der Waals surface area contributed by atoms with Gasteiger partial charge in [-0.1, -0.05) is 42.5 Å². The lowest BCUT2D eigenvalue weighted by atomic mass is 10.1. The molecule has 1 amide bonds. The number of anilines is 1. The van der Waals surface area contributed by atoms with Gasteiger partial charge in [-0.25, -0.2) is 9.97 Å². The van der Waals surface area contributed by atoms with E-state index in [1.807, 2.05) is 53.4 Å². The smallest absolute Gasteiger partial charge is 0.227 e. The summed E-state index contributed by atoms with van der Waals surface area (Å²) in [5, 5.41) is 0. The van der Waals surface area contributed by atoms with E-state index in [4.69, 9.17) is 9.72 Å². The molecule has 0 N–H and O–H groups in total. The number of ether oxygens (including phenoxy) is 1. The lowest BCUT2D eigenvalue weighted by molar-refractivity contribution is -0.130. The Morgan fingerprint density at radius 3 is 2.67 bits per heavy atom. The van der Waals surface area contributed by atoms with Crippen molar-refractivity contribution in [1.82, 2.24) is 14.9 Å². The molecule has 0 spiro atoms. The Bertz CT molecular complexity index is 1050. The maximum atomic E-state index is 12.8. The fourth-order valence-electron chi connectivity index (χ4n) is 4.07. The van der Waals surface area contributed by atoms with Crippen molar-refractivity contribution in [3.8, 4) is 17.1 Å². The molecule has 6 nitrogen and oxygen atoms in total. The van der Waals surface area contributed by atoms with Crippen LogP contribution < -0.4 is 9.64 Å². The lowest BCUT2D eigenvalue weighted by Crippen LogP contribution is -2.49. The van der Waals surface area contributed by atoms with E-state index in [0.29, 0.717) is 19.5 Å². The highest BCUT2D eigenvalue weighted by Gasteiger charge is 2.23. The van der Waals surface area contributed by atoms with Crippen molar-refractivity contribution in [2.75, 3.05) is 37.7 Å². The predicted molar refractivity (Wildman–Crippen MR) is 116 cm³/mol. The second-order valence-electron chi connectivity index (χ2n) is 7.69. The minimum absolute atomic E-state index is 0.182.